The number of carboxylic acids is 1. The number of esters is 1. The number of ether oxygens (including phenoxy) is 1. The Kier molecular flexibility index (Phi) is 6.31. The van der Waals surface area contributed by atoms with Gasteiger partial charge in [-0.2, -0.15) is 0 Å². The molecule has 4 nitrogen and oxygen atoms in total. The lowest BCUT2D eigenvalue weighted by molar-refractivity contribution is -0.148. The van der Waals surface area contributed by atoms with Crippen LogP contribution in [-0.2, 0) is 16.0 Å². The quantitative estimate of drug-likeness (QED) is 0.501. The third-order valence-electron chi connectivity index (χ3n) is 2.83. The minimum atomic E-state index is -0.990. The Morgan fingerprint density at radius 2 is 1.83 bits per heavy atom. The van der Waals surface area contributed by atoms with Crippen molar-refractivity contribution in [3.8, 4) is 0 Å². The SMILES string of the molecule is CC(C)=CCc1cc(/C=C/C(=O)OC(C)(C)C)cc(C(=O)O)c1. The number of carbonyl (C=O) groups is 2. The lowest BCUT2D eigenvalue weighted by atomic mass is 10.0. The highest BCUT2D eigenvalue weighted by molar-refractivity contribution is 5.90. The standard InChI is InChI=1S/C19H24O4/c1-13(2)6-7-14-10-15(12-16(11-14)18(21)22)8-9-17(20)23-19(3,4)5/h6,8-12H,7H2,1-5H3,(H,21,22)/b9-8+. The number of rotatable bonds is 5. The molecule has 124 valence electrons. The van der Waals surface area contributed by atoms with E-state index in [0.29, 0.717) is 12.0 Å². The van der Waals surface area contributed by atoms with Crippen molar-refractivity contribution in [2.24, 2.45) is 0 Å². The third kappa shape index (κ3) is 7.45. The van der Waals surface area contributed by atoms with Crippen LogP contribution in [0.25, 0.3) is 6.08 Å². The molecule has 0 spiro atoms. The number of hydrogen-bond donors (Lipinski definition) is 1. The van der Waals surface area contributed by atoms with Gasteiger partial charge in [-0.05, 0) is 70.4 Å². The van der Waals surface area contributed by atoms with Gasteiger partial charge in [-0.1, -0.05) is 17.7 Å². The molecule has 1 rings (SSSR count). The van der Waals surface area contributed by atoms with E-state index in [9.17, 15) is 14.7 Å². The third-order valence-corrected chi connectivity index (χ3v) is 2.83. The molecule has 0 amide bonds. The fourth-order valence-electron chi connectivity index (χ4n) is 1.88. The van der Waals surface area contributed by atoms with Gasteiger partial charge >= 0.3 is 11.9 Å². The highest BCUT2D eigenvalue weighted by atomic mass is 16.6. The first-order valence-electron chi connectivity index (χ1n) is 7.48. The molecule has 0 radical (unpaired) electrons. The van der Waals surface area contributed by atoms with Crippen LogP contribution >= 0.6 is 0 Å². The van der Waals surface area contributed by atoms with E-state index in [0.717, 1.165) is 11.1 Å². The maximum atomic E-state index is 11.7. The van der Waals surface area contributed by atoms with Gasteiger partial charge in [0.15, 0.2) is 0 Å². The smallest absolute Gasteiger partial charge is 0.335 e. The van der Waals surface area contributed by atoms with Crippen LogP contribution in [0.5, 0.6) is 0 Å². The molecule has 1 N–H and O–H groups in total. The van der Waals surface area contributed by atoms with Crippen LogP contribution in [0.3, 0.4) is 0 Å². The van der Waals surface area contributed by atoms with Gasteiger partial charge in [0.05, 0.1) is 5.56 Å². The molecule has 0 aliphatic rings. The van der Waals surface area contributed by atoms with Crippen molar-refractivity contribution in [2.45, 2.75) is 46.6 Å². The predicted octanol–water partition coefficient (Wildman–Crippen LogP) is 4.25. The van der Waals surface area contributed by atoms with Crippen LogP contribution in [0.15, 0.2) is 35.9 Å². The summed E-state index contributed by atoms with van der Waals surface area (Å²) in [4.78, 5) is 23.0. The molecule has 0 bridgehead atoms. The summed E-state index contributed by atoms with van der Waals surface area (Å²) in [5, 5.41) is 9.21. The van der Waals surface area contributed by atoms with Crippen molar-refractivity contribution in [2.75, 3.05) is 0 Å². The second-order valence-corrected chi connectivity index (χ2v) is 6.62. The number of benzene rings is 1. The summed E-state index contributed by atoms with van der Waals surface area (Å²) >= 11 is 0. The van der Waals surface area contributed by atoms with Crippen LogP contribution in [-0.4, -0.2) is 22.6 Å². The molecule has 23 heavy (non-hydrogen) atoms. The Morgan fingerprint density at radius 1 is 1.17 bits per heavy atom. The summed E-state index contributed by atoms with van der Waals surface area (Å²) in [6.07, 6.45) is 5.57. The van der Waals surface area contributed by atoms with Crippen molar-refractivity contribution < 1.29 is 19.4 Å². The van der Waals surface area contributed by atoms with Crippen molar-refractivity contribution in [3.63, 3.8) is 0 Å². The number of carbonyl (C=O) groups excluding carboxylic acids is 1. The molecule has 0 aliphatic heterocycles. The van der Waals surface area contributed by atoms with E-state index in [2.05, 4.69) is 0 Å². The van der Waals surface area contributed by atoms with Gasteiger partial charge in [0.25, 0.3) is 0 Å². The molecule has 0 aromatic heterocycles. The molecule has 0 aliphatic carbocycles. The van der Waals surface area contributed by atoms with Crippen LogP contribution in [0.2, 0.25) is 0 Å². The fraction of sp³-hybridized carbons (Fsp3) is 0.368. The van der Waals surface area contributed by atoms with E-state index in [4.69, 9.17) is 4.74 Å². The number of hydrogen-bond acceptors (Lipinski definition) is 3. The maximum Gasteiger partial charge on any atom is 0.335 e. The molecule has 1 aromatic rings. The summed E-state index contributed by atoms with van der Waals surface area (Å²) < 4.78 is 5.19. The molecule has 0 unspecified atom stereocenters. The average molecular weight is 316 g/mol. The molecular formula is C19H24O4. The van der Waals surface area contributed by atoms with Gasteiger partial charge in [0.1, 0.15) is 5.60 Å². The maximum absolute atomic E-state index is 11.7. The van der Waals surface area contributed by atoms with Crippen LogP contribution in [0.1, 0.15) is 56.1 Å². The normalized spacial score (nSPS) is 11.3. The minimum Gasteiger partial charge on any atom is -0.478 e. The van der Waals surface area contributed by atoms with Gasteiger partial charge in [-0.3, -0.25) is 0 Å². The van der Waals surface area contributed by atoms with Gasteiger partial charge in [-0.15, -0.1) is 0 Å². The highest BCUT2D eigenvalue weighted by Crippen LogP contribution is 2.15. The molecular weight excluding hydrogens is 292 g/mol. The second-order valence-electron chi connectivity index (χ2n) is 6.62. The minimum absolute atomic E-state index is 0.202. The summed E-state index contributed by atoms with van der Waals surface area (Å²) in [6, 6.07) is 5.05. The monoisotopic (exact) mass is 316 g/mol. The van der Waals surface area contributed by atoms with Crippen molar-refractivity contribution in [3.05, 3.63) is 52.6 Å². The second kappa shape index (κ2) is 7.77. The predicted molar refractivity (Wildman–Crippen MR) is 91.4 cm³/mol. The largest absolute Gasteiger partial charge is 0.478 e. The lowest BCUT2D eigenvalue weighted by Crippen LogP contribution is -2.22. The first-order chi connectivity index (χ1) is 10.6. The van der Waals surface area contributed by atoms with E-state index >= 15 is 0 Å². The van der Waals surface area contributed by atoms with Crippen LogP contribution < -0.4 is 0 Å². The van der Waals surface area contributed by atoms with Gasteiger partial charge in [0.2, 0.25) is 0 Å². The molecule has 4 heteroatoms. The van der Waals surface area contributed by atoms with Crippen molar-refractivity contribution in [1.29, 1.82) is 0 Å². The Labute approximate surface area is 137 Å². The first-order valence-corrected chi connectivity index (χ1v) is 7.48. The Balaban J connectivity index is 3.03. The Bertz CT molecular complexity index is 642. The fourth-order valence-corrected chi connectivity index (χ4v) is 1.88. The van der Waals surface area contributed by atoms with E-state index in [1.54, 1.807) is 32.9 Å². The topological polar surface area (TPSA) is 63.6 Å². The van der Waals surface area contributed by atoms with Crippen molar-refractivity contribution >= 4 is 18.0 Å². The summed E-state index contributed by atoms with van der Waals surface area (Å²) in [6.45, 7) is 9.36. The van der Waals surface area contributed by atoms with Crippen molar-refractivity contribution in [1.82, 2.24) is 0 Å². The first kappa shape index (κ1) is 18.7. The molecule has 0 fully saturated rings. The van der Waals surface area contributed by atoms with E-state index in [-0.39, 0.29) is 5.56 Å². The van der Waals surface area contributed by atoms with Gasteiger partial charge in [-0.25, -0.2) is 9.59 Å². The zero-order chi connectivity index (χ0) is 17.6. The zero-order valence-electron chi connectivity index (χ0n) is 14.3. The number of allylic oxidation sites excluding steroid dienone is 2. The number of aromatic carboxylic acids is 1. The zero-order valence-corrected chi connectivity index (χ0v) is 14.3. The van der Waals surface area contributed by atoms with E-state index in [1.807, 2.05) is 26.0 Å². The Hall–Kier alpha value is -2.36. The highest BCUT2D eigenvalue weighted by Gasteiger charge is 2.14. The van der Waals surface area contributed by atoms with Crippen LogP contribution in [0.4, 0.5) is 0 Å². The summed E-state index contributed by atoms with van der Waals surface area (Å²) in [5.41, 5.74) is 2.35. The molecule has 0 saturated carbocycles. The summed E-state index contributed by atoms with van der Waals surface area (Å²) in [5.74, 6) is -1.44. The van der Waals surface area contributed by atoms with Gasteiger partial charge < -0.3 is 9.84 Å². The Morgan fingerprint density at radius 3 is 2.35 bits per heavy atom. The molecule has 0 saturated heterocycles. The van der Waals surface area contributed by atoms with Crippen LogP contribution in [0, 0.1) is 0 Å². The number of carboxylic acid groups (broad SMARTS) is 1. The average Bonchev–Trinajstić information content (AvgIpc) is 2.41. The molecule has 0 atom stereocenters. The van der Waals surface area contributed by atoms with Gasteiger partial charge in [0, 0.05) is 6.08 Å². The molecule has 1 aromatic carbocycles. The lowest BCUT2D eigenvalue weighted by Gasteiger charge is -2.17. The van der Waals surface area contributed by atoms with E-state index < -0.39 is 17.5 Å². The van der Waals surface area contributed by atoms with E-state index in [1.165, 1.54) is 12.1 Å². The summed E-state index contributed by atoms with van der Waals surface area (Å²) in [7, 11) is 0. The molecule has 0 heterocycles.